The zero-order chi connectivity index (χ0) is 18.6. The molecule has 0 unspecified atom stereocenters. The highest BCUT2D eigenvalue weighted by Gasteiger charge is 2.28. The molecule has 0 radical (unpaired) electrons. The van der Waals surface area contributed by atoms with Gasteiger partial charge in [0.1, 0.15) is 0 Å². The third-order valence-corrected chi connectivity index (χ3v) is 5.04. The first kappa shape index (κ1) is 24.9. The molecule has 0 bridgehead atoms. The predicted octanol–water partition coefficient (Wildman–Crippen LogP) is 6.59. The van der Waals surface area contributed by atoms with E-state index in [1.165, 1.54) is 83.5 Å². The summed E-state index contributed by atoms with van der Waals surface area (Å²) in [6.07, 6.45) is 20.3. The van der Waals surface area contributed by atoms with E-state index >= 15 is 0 Å². The summed E-state index contributed by atoms with van der Waals surface area (Å²) in [5.74, 6) is -0.541. The van der Waals surface area contributed by atoms with Gasteiger partial charge in [0.15, 0.2) is 5.79 Å². The monoisotopic (exact) mass is 357 g/mol. The van der Waals surface area contributed by atoms with Crippen molar-refractivity contribution in [3.05, 3.63) is 0 Å². The maximum Gasteiger partial charge on any atom is 0.180 e. The van der Waals surface area contributed by atoms with Crippen LogP contribution in [0.3, 0.4) is 0 Å². The van der Waals surface area contributed by atoms with E-state index in [0.29, 0.717) is 19.8 Å². The van der Waals surface area contributed by atoms with Gasteiger partial charge in [0.05, 0.1) is 0 Å². The number of hydrogen-bond donors (Lipinski definition) is 1. The van der Waals surface area contributed by atoms with Gasteiger partial charge in [0.2, 0.25) is 0 Å². The zero-order valence-electron chi connectivity index (χ0n) is 17.6. The number of nitrogens with two attached hydrogens (primary N) is 1. The van der Waals surface area contributed by atoms with Crippen LogP contribution in [0.5, 0.6) is 0 Å². The molecule has 0 fully saturated rings. The van der Waals surface area contributed by atoms with Gasteiger partial charge in [-0.3, -0.25) is 0 Å². The van der Waals surface area contributed by atoms with Crippen molar-refractivity contribution in [3.8, 4) is 0 Å². The van der Waals surface area contributed by atoms with Gasteiger partial charge >= 0.3 is 0 Å². The molecule has 0 saturated carbocycles. The second-order valence-corrected chi connectivity index (χ2v) is 7.33. The van der Waals surface area contributed by atoms with Crippen LogP contribution < -0.4 is 5.73 Å². The molecule has 0 aromatic heterocycles. The van der Waals surface area contributed by atoms with Crippen LogP contribution in [0, 0.1) is 0 Å². The predicted molar refractivity (Wildman–Crippen MR) is 110 cm³/mol. The van der Waals surface area contributed by atoms with Crippen LogP contribution in [0.1, 0.15) is 117 Å². The lowest BCUT2D eigenvalue weighted by Crippen LogP contribution is -2.43. The highest BCUT2D eigenvalue weighted by molar-refractivity contribution is 4.71. The smallest absolute Gasteiger partial charge is 0.180 e. The summed E-state index contributed by atoms with van der Waals surface area (Å²) in [5, 5.41) is 0. The fourth-order valence-electron chi connectivity index (χ4n) is 3.52. The van der Waals surface area contributed by atoms with Gasteiger partial charge in [0, 0.05) is 26.2 Å². The summed E-state index contributed by atoms with van der Waals surface area (Å²) in [4.78, 5) is 0. The highest BCUT2D eigenvalue weighted by atomic mass is 16.7. The van der Waals surface area contributed by atoms with Crippen molar-refractivity contribution in [2.75, 3.05) is 19.8 Å². The third-order valence-electron chi connectivity index (χ3n) is 5.04. The minimum Gasteiger partial charge on any atom is -0.349 e. The Labute approximate surface area is 158 Å². The van der Waals surface area contributed by atoms with E-state index in [1.54, 1.807) is 0 Å². The highest BCUT2D eigenvalue weighted by Crippen LogP contribution is 2.21. The summed E-state index contributed by atoms with van der Waals surface area (Å²) in [7, 11) is 0. The van der Waals surface area contributed by atoms with E-state index in [0.717, 1.165) is 12.8 Å². The molecule has 0 aromatic rings. The summed E-state index contributed by atoms with van der Waals surface area (Å²) in [5.41, 5.74) is 5.88. The van der Waals surface area contributed by atoms with Crippen molar-refractivity contribution in [2.24, 2.45) is 5.73 Å². The first-order valence-corrected chi connectivity index (χ1v) is 11.2. The van der Waals surface area contributed by atoms with Crippen molar-refractivity contribution in [1.82, 2.24) is 0 Å². The number of unbranched alkanes of at least 4 members (excludes halogenated alkanes) is 13. The Morgan fingerprint density at radius 2 is 0.920 bits per heavy atom. The standard InChI is InChI=1S/C22H47NO2/c1-4-7-8-9-10-11-12-13-14-15-16-17-18-19-20-22(21-23,24-5-2)25-6-3/h4-21,23H2,1-3H3. The van der Waals surface area contributed by atoms with Gasteiger partial charge in [-0.2, -0.15) is 0 Å². The fourth-order valence-corrected chi connectivity index (χ4v) is 3.52. The van der Waals surface area contributed by atoms with Gasteiger partial charge in [-0.25, -0.2) is 0 Å². The van der Waals surface area contributed by atoms with Crippen LogP contribution in [0.15, 0.2) is 0 Å². The molecule has 3 heteroatoms. The normalized spacial score (nSPS) is 12.0. The maximum absolute atomic E-state index is 5.88. The molecule has 0 atom stereocenters. The van der Waals surface area contributed by atoms with E-state index in [1.807, 2.05) is 13.8 Å². The topological polar surface area (TPSA) is 44.5 Å². The lowest BCUT2D eigenvalue weighted by molar-refractivity contribution is -0.230. The molecule has 2 N–H and O–H groups in total. The van der Waals surface area contributed by atoms with Crippen LogP contribution in [0.4, 0.5) is 0 Å². The minimum atomic E-state index is -0.541. The Balaban J connectivity index is 3.42. The summed E-state index contributed by atoms with van der Waals surface area (Å²) in [6, 6.07) is 0. The van der Waals surface area contributed by atoms with Gasteiger partial charge in [-0.05, 0) is 20.3 Å². The molecular formula is C22H47NO2. The quantitative estimate of drug-likeness (QED) is 0.197. The van der Waals surface area contributed by atoms with Gasteiger partial charge in [0.25, 0.3) is 0 Å². The lowest BCUT2D eigenvalue weighted by atomic mass is 10.0. The lowest BCUT2D eigenvalue weighted by Gasteiger charge is -2.32. The van der Waals surface area contributed by atoms with Gasteiger partial charge < -0.3 is 15.2 Å². The maximum atomic E-state index is 5.88. The summed E-state index contributed by atoms with van der Waals surface area (Å²) < 4.78 is 11.6. The Morgan fingerprint density at radius 1 is 0.560 bits per heavy atom. The number of hydrogen-bond acceptors (Lipinski definition) is 3. The van der Waals surface area contributed by atoms with Crippen molar-refractivity contribution >= 4 is 0 Å². The SMILES string of the molecule is CCCCCCCCCCCCCCCCC(CN)(OCC)OCC. The molecular weight excluding hydrogens is 310 g/mol. The average Bonchev–Trinajstić information content (AvgIpc) is 2.62. The molecule has 25 heavy (non-hydrogen) atoms. The van der Waals surface area contributed by atoms with Crippen molar-refractivity contribution in [2.45, 2.75) is 123 Å². The second kappa shape index (κ2) is 18.7. The fraction of sp³-hybridized carbons (Fsp3) is 1.00. The Bertz CT molecular complexity index is 252. The largest absolute Gasteiger partial charge is 0.349 e. The Kier molecular flexibility index (Phi) is 18.6. The molecule has 0 aliphatic carbocycles. The van der Waals surface area contributed by atoms with Gasteiger partial charge in [-0.15, -0.1) is 0 Å². The van der Waals surface area contributed by atoms with Crippen molar-refractivity contribution < 1.29 is 9.47 Å². The van der Waals surface area contributed by atoms with Crippen molar-refractivity contribution in [3.63, 3.8) is 0 Å². The molecule has 152 valence electrons. The Morgan fingerprint density at radius 3 is 1.24 bits per heavy atom. The van der Waals surface area contributed by atoms with E-state index in [-0.39, 0.29) is 0 Å². The summed E-state index contributed by atoms with van der Waals surface area (Å²) >= 11 is 0. The molecule has 0 aliphatic heterocycles. The molecule has 3 nitrogen and oxygen atoms in total. The van der Waals surface area contributed by atoms with E-state index in [4.69, 9.17) is 15.2 Å². The van der Waals surface area contributed by atoms with Crippen LogP contribution in [-0.2, 0) is 9.47 Å². The van der Waals surface area contributed by atoms with Crippen molar-refractivity contribution in [1.29, 1.82) is 0 Å². The first-order valence-electron chi connectivity index (χ1n) is 11.2. The first-order chi connectivity index (χ1) is 12.2. The molecule has 0 aromatic carbocycles. The summed E-state index contributed by atoms with van der Waals surface area (Å²) in [6.45, 7) is 8.08. The Hall–Kier alpha value is -0.120. The molecule has 0 spiro atoms. The minimum absolute atomic E-state index is 0.452. The molecule has 0 amide bonds. The van der Waals surface area contributed by atoms with Gasteiger partial charge in [-0.1, -0.05) is 90.4 Å². The second-order valence-electron chi connectivity index (χ2n) is 7.33. The van der Waals surface area contributed by atoms with Crippen LogP contribution >= 0.6 is 0 Å². The number of rotatable bonds is 20. The molecule has 0 rings (SSSR count). The van der Waals surface area contributed by atoms with E-state index < -0.39 is 5.79 Å². The van der Waals surface area contributed by atoms with Crippen LogP contribution in [0.25, 0.3) is 0 Å². The zero-order valence-corrected chi connectivity index (χ0v) is 17.6. The van der Waals surface area contributed by atoms with Crippen LogP contribution in [-0.4, -0.2) is 25.5 Å². The number of ether oxygens (including phenoxy) is 2. The third kappa shape index (κ3) is 14.7. The molecule has 0 heterocycles. The molecule has 0 saturated heterocycles. The van der Waals surface area contributed by atoms with E-state index in [9.17, 15) is 0 Å². The molecule has 0 aliphatic rings. The van der Waals surface area contributed by atoms with Crippen LogP contribution in [0.2, 0.25) is 0 Å². The average molecular weight is 358 g/mol. The van der Waals surface area contributed by atoms with E-state index in [2.05, 4.69) is 6.92 Å².